The molecule has 0 fully saturated rings. The quantitative estimate of drug-likeness (QED) is 0.176. The van der Waals surface area contributed by atoms with Crippen LogP contribution in [0.3, 0.4) is 0 Å². The first-order chi connectivity index (χ1) is 28.8. The van der Waals surface area contributed by atoms with Crippen LogP contribution in [-0.4, -0.2) is 13.4 Å². The van der Waals surface area contributed by atoms with E-state index in [1.54, 1.807) is 0 Å². The van der Waals surface area contributed by atoms with Crippen molar-refractivity contribution in [2.24, 2.45) is 0 Å². The van der Waals surface area contributed by atoms with E-state index in [4.69, 9.17) is 0 Å². The smallest absolute Gasteiger partial charge is 0.0641 e. The number of hydrogen-bond donors (Lipinski definition) is 0. The third-order valence-electron chi connectivity index (χ3n) is 12.8. The van der Waals surface area contributed by atoms with Crippen LogP contribution in [-0.2, 0) is 0 Å². The van der Waals surface area contributed by atoms with Gasteiger partial charge in [-0.05, 0) is 72.8 Å². The van der Waals surface area contributed by atoms with Gasteiger partial charge >= 0.3 is 0 Å². The van der Waals surface area contributed by atoms with Gasteiger partial charge in [-0.15, -0.1) is 0 Å². The van der Waals surface area contributed by atoms with Crippen LogP contribution in [0.1, 0.15) is 0 Å². The molecule has 0 radical (unpaired) electrons. The molecule has 14 rings (SSSR count). The summed E-state index contributed by atoms with van der Waals surface area (Å²) in [5.41, 5.74) is 14.5. The Balaban J connectivity index is 1.24. The van der Waals surface area contributed by atoms with Gasteiger partial charge in [-0.2, -0.15) is 0 Å². The Labute approximate surface area is 331 Å². The molecule has 0 bridgehead atoms. The van der Waals surface area contributed by atoms with Crippen molar-refractivity contribution < 1.29 is 0 Å². The first-order valence-electron chi connectivity index (χ1n) is 20.0. The standard InChI is InChI=1S/C54H32N4/c1-4-15-33(16-5-1)55(34-17-6-2-7-18-34)36-27-28-39-43-32-48-49(42-24-14-23-40-37-21-11-13-26-45(37)57(48)52(40)42)51-50-46(58(54(43)51)47(39)31-36)30-29-41-38-22-10-12-25-44(38)56(53(41)50)35-19-8-3-9-20-35/h1-32H. The first-order valence-corrected chi connectivity index (χ1v) is 20.0. The van der Waals surface area contributed by atoms with Crippen molar-refractivity contribution in [2.45, 2.75) is 0 Å². The molecule has 0 spiro atoms. The Hall–Kier alpha value is -7.82. The molecule has 5 heterocycles. The molecule has 0 aliphatic carbocycles. The average molecular weight is 737 g/mol. The molecule has 0 N–H and O–H groups in total. The predicted molar refractivity (Wildman–Crippen MR) is 245 cm³/mol. The summed E-state index contributed by atoms with van der Waals surface area (Å²) in [6.07, 6.45) is 0. The van der Waals surface area contributed by atoms with Crippen LogP contribution in [0.15, 0.2) is 194 Å². The van der Waals surface area contributed by atoms with Gasteiger partial charge in [0.25, 0.3) is 0 Å². The highest BCUT2D eigenvalue weighted by Crippen LogP contribution is 2.51. The lowest BCUT2D eigenvalue weighted by Gasteiger charge is -2.25. The highest BCUT2D eigenvalue weighted by Gasteiger charge is 2.28. The monoisotopic (exact) mass is 736 g/mol. The lowest BCUT2D eigenvalue weighted by molar-refractivity contribution is 1.19. The normalized spacial score (nSPS) is 12.5. The minimum atomic E-state index is 1.12. The molecule has 14 aromatic rings. The maximum absolute atomic E-state index is 2.58. The molecule has 0 aliphatic heterocycles. The second kappa shape index (κ2) is 10.9. The summed E-state index contributed by atoms with van der Waals surface area (Å²) in [4.78, 5) is 2.37. The average Bonchev–Trinajstić information content (AvgIpc) is 4.07. The summed E-state index contributed by atoms with van der Waals surface area (Å²) in [7, 11) is 0. The lowest BCUT2D eigenvalue weighted by Crippen LogP contribution is -2.09. The van der Waals surface area contributed by atoms with Crippen molar-refractivity contribution in [1.82, 2.24) is 13.4 Å². The molecule has 58 heavy (non-hydrogen) atoms. The Kier molecular flexibility index (Phi) is 5.73. The zero-order chi connectivity index (χ0) is 37.6. The minimum absolute atomic E-state index is 1.12. The van der Waals surface area contributed by atoms with Crippen molar-refractivity contribution in [3.8, 4) is 5.69 Å². The van der Waals surface area contributed by atoms with E-state index in [1.165, 1.54) is 98.0 Å². The molecule has 268 valence electrons. The van der Waals surface area contributed by atoms with Gasteiger partial charge in [0.05, 0.1) is 44.1 Å². The van der Waals surface area contributed by atoms with E-state index < -0.39 is 0 Å². The van der Waals surface area contributed by atoms with Gasteiger partial charge in [-0.1, -0.05) is 121 Å². The maximum Gasteiger partial charge on any atom is 0.0641 e. The maximum atomic E-state index is 2.58. The van der Waals surface area contributed by atoms with Crippen LogP contribution >= 0.6 is 0 Å². The van der Waals surface area contributed by atoms with Gasteiger partial charge in [-0.3, -0.25) is 0 Å². The van der Waals surface area contributed by atoms with Gasteiger partial charge in [0.15, 0.2) is 0 Å². The number of rotatable bonds is 4. The number of aromatic nitrogens is 3. The molecule has 0 atom stereocenters. The fourth-order valence-electron chi connectivity index (χ4n) is 10.6. The van der Waals surface area contributed by atoms with Crippen molar-refractivity contribution in [1.29, 1.82) is 0 Å². The fourth-order valence-corrected chi connectivity index (χ4v) is 10.6. The summed E-state index contributed by atoms with van der Waals surface area (Å²) in [6, 6.07) is 71.3. The number of hydrogen-bond acceptors (Lipinski definition) is 1. The van der Waals surface area contributed by atoms with Crippen LogP contribution in [0.5, 0.6) is 0 Å². The zero-order valence-electron chi connectivity index (χ0n) is 31.3. The summed E-state index contributed by atoms with van der Waals surface area (Å²) in [5.74, 6) is 0. The van der Waals surface area contributed by atoms with E-state index in [0.717, 1.165) is 22.7 Å². The van der Waals surface area contributed by atoms with E-state index in [1.807, 2.05) is 0 Å². The summed E-state index contributed by atoms with van der Waals surface area (Å²) in [5, 5.41) is 12.9. The Morgan fingerprint density at radius 1 is 0.276 bits per heavy atom. The second-order valence-electron chi connectivity index (χ2n) is 15.7. The van der Waals surface area contributed by atoms with Crippen molar-refractivity contribution in [3.05, 3.63) is 194 Å². The summed E-state index contributed by atoms with van der Waals surface area (Å²) >= 11 is 0. The topological polar surface area (TPSA) is 17.0 Å². The highest BCUT2D eigenvalue weighted by atomic mass is 15.1. The van der Waals surface area contributed by atoms with Crippen molar-refractivity contribution in [3.63, 3.8) is 0 Å². The molecule has 0 saturated carbocycles. The van der Waals surface area contributed by atoms with Crippen molar-refractivity contribution in [2.75, 3.05) is 4.90 Å². The van der Waals surface area contributed by atoms with Crippen LogP contribution in [0, 0.1) is 0 Å². The van der Waals surface area contributed by atoms with E-state index in [2.05, 4.69) is 212 Å². The van der Waals surface area contributed by atoms with Crippen molar-refractivity contribution >= 4 is 115 Å². The molecule has 5 aromatic heterocycles. The molecule has 0 aliphatic rings. The third-order valence-corrected chi connectivity index (χ3v) is 12.8. The van der Waals surface area contributed by atoms with Gasteiger partial charge < -0.3 is 18.3 Å². The Morgan fingerprint density at radius 3 is 1.60 bits per heavy atom. The SMILES string of the molecule is c1ccc(N(c2ccccc2)c2ccc3c4cc5c(c6cccc7c8ccccc8n5c76)c5c6c7c(ccc6n(c3c2)c45)c2ccccc2n7-c2ccccc2)cc1. The highest BCUT2D eigenvalue weighted by molar-refractivity contribution is 6.41. The Bertz CT molecular complexity index is 3910. The third kappa shape index (κ3) is 3.70. The molecule has 0 unspecified atom stereocenters. The number of anilines is 3. The van der Waals surface area contributed by atoms with Gasteiger partial charge in [0.1, 0.15) is 0 Å². The van der Waals surface area contributed by atoms with Crippen LogP contribution in [0.4, 0.5) is 17.1 Å². The minimum Gasteiger partial charge on any atom is -0.310 e. The fraction of sp³-hybridized carbons (Fsp3) is 0. The number of benzene rings is 9. The van der Waals surface area contributed by atoms with Gasteiger partial charge in [0.2, 0.25) is 0 Å². The first kappa shape index (κ1) is 30.4. The molecule has 0 amide bonds. The van der Waals surface area contributed by atoms with E-state index in [9.17, 15) is 0 Å². The van der Waals surface area contributed by atoms with Crippen LogP contribution < -0.4 is 4.90 Å². The number of fused-ring (bicyclic) bond motifs is 17. The largest absolute Gasteiger partial charge is 0.310 e. The molecule has 0 saturated heterocycles. The van der Waals surface area contributed by atoms with Crippen LogP contribution in [0.25, 0.3) is 104 Å². The van der Waals surface area contributed by atoms with Crippen LogP contribution in [0.2, 0.25) is 0 Å². The second-order valence-corrected chi connectivity index (χ2v) is 15.7. The molecular weight excluding hydrogens is 705 g/mol. The van der Waals surface area contributed by atoms with E-state index in [-0.39, 0.29) is 0 Å². The zero-order valence-corrected chi connectivity index (χ0v) is 31.3. The summed E-state index contributed by atoms with van der Waals surface area (Å²) in [6.45, 7) is 0. The number of para-hydroxylation sites is 6. The number of nitrogens with zero attached hydrogens (tertiary/aromatic N) is 4. The lowest BCUT2D eigenvalue weighted by atomic mass is 9.99. The predicted octanol–water partition coefficient (Wildman–Crippen LogP) is 14.6. The van der Waals surface area contributed by atoms with Gasteiger partial charge in [0, 0.05) is 76.6 Å². The Morgan fingerprint density at radius 2 is 0.845 bits per heavy atom. The van der Waals surface area contributed by atoms with E-state index >= 15 is 0 Å². The molecule has 4 heteroatoms. The molecule has 4 nitrogen and oxygen atoms in total. The molecule has 9 aromatic carbocycles. The van der Waals surface area contributed by atoms with E-state index in [0.29, 0.717) is 0 Å². The summed E-state index contributed by atoms with van der Waals surface area (Å²) < 4.78 is 7.62. The molecular formula is C54H32N4. The van der Waals surface area contributed by atoms with Gasteiger partial charge in [-0.25, -0.2) is 0 Å².